The molecule has 0 atom stereocenters. The van der Waals surface area contributed by atoms with E-state index in [0.29, 0.717) is 13.1 Å². The van der Waals surface area contributed by atoms with Crippen LogP contribution >= 0.6 is 0 Å². The summed E-state index contributed by atoms with van der Waals surface area (Å²) in [5.74, 6) is 0. The molecule has 0 saturated carbocycles. The Kier molecular flexibility index (Phi) is 4.27. The molecule has 6 nitrogen and oxygen atoms in total. The summed E-state index contributed by atoms with van der Waals surface area (Å²) in [7, 11) is -5.42. The van der Waals surface area contributed by atoms with Crippen LogP contribution in [0.25, 0.3) is 0 Å². The minimum Gasteiger partial charge on any atom is -0.423 e. The Morgan fingerprint density at radius 3 is 2.37 bits per heavy atom. The van der Waals surface area contributed by atoms with Gasteiger partial charge in [-0.1, -0.05) is 12.1 Å². The van der Waals surface area contributed by atoms with Gasteiger partial charge in [0.05, 0.1) is 11.5 Å². The molecule has 0 unspecified atom stereocenters. The van der Waals surface area contributed by atoms with E-state index in [1.165, 1.54) is 22.5 Å². The van der Waals surface area contributed by atoms with E-state index in [9.17, 15) is 13.5 Å². The molecule has 1 saturated heterocycles. The first kappa shape index (κ1) is 14.5. The number of aliphatic hydroxyl groups excluding tert-OH is 1. The van der Waals surface area contributed by atoms with E-state index in [4.69, 9.17) is 10.0 Å². The zero-order valence-corrected chi connectivity index (χ0v) is 11.2. The third-order valence-corrected chi connectivity index (χ3v) is 5.22. The predicted molar refractivity (Wildman–Crippen MR) is 70.2 cm³/mol. The maximum Gasteiger partial charge on any atom is 0.488 e. The molecule has 1 fully saturated rings. The summed E-state index contributed by atoms with van der Waals surface area (Å²) >= 11 is 0. The van der Waals surface area contributed by atoms with E-state index in [1.807, 2.05) is 0 Å². The quantitative estimate of drug-likeness (QED) is 0.594. The van der Waals surface area contributed by atoms with Gasteiger partial charge in [-0.2, -0.15) is 4.31 Å². The highest BCUT2D eigenvalue weighted by atomic mass is 32.2. The number of benzene rings is 1. The van der Waals surface area contributed by atoms with Crippen LogP contribution in [0.2, 0.25) is 0 Å². The van der Waals surface area contributed by atoms with Crippen molar-refractivity contribution >= 4 is 22.6 Å². The Morgan fingerprint density at radius 2 is 1.84 bits per heavy atom. The monoisotopic (exact) mass is 285 g/mol. The lowest BCUT2D eigenvalue weighted by Gasteiger charge is -2.18. The maximum absolute atomic E-state index is 12.4. The normalized spacial score (nSPS) is 16.8. The van der Waals surface area contributed by atoms with Crippen LogP contribution in [0.15, 0.2) is 23.1 Å². The van der Waals surface area contributed by atoms with E-state index < -0.39 is 23.7 Å². The molecule has 19 heavy (non-hydrogen) atoms. The molecule has 1 aliphatic heterocycles. The topological polar surface area (TPSA) is 98.1 Å². The Morgan fingerprint density at radius 1 is 1.21 bits per heavy atom. The van der Waals surface area contributed by atoms with Crippen LogP contribution in [0.4, 0.5) is 0 Å². The van der Waals surface area contributed by atoms with Gasteiger partial charge in [-0.15, -0.1) is 0 Å². The average Bonchev–Trinajstić information content (AvgIpc) is 2.92. The van der Waals surface area contributed by atoms with Gasteiger partial charge in [0.1, 0.15) is 0 Å². The van der Waals surface area contributed by atoms with E-state index in [-0.39, 0.29) is 15.9 Å². The Balaban J connectivity index is 2.49. The van der Waals surface area contributed by atoms with E-state index in [2.05, 4.69) is 0 Å². The van der Waals surface area contributed by atoms with Gasteiger partial charge in [0.2, 0.25) is 10.0 Å². The second-order valence-electron chi connectivity index (χ2n) is 4.51. The molecule has 8 heteroatoms. The lowest BCUT2D eigenvalue weighted by atomic mass is 9.80. The number of sulfonamides is 1. The fraction of sp³-hybridized carbons (Fsp3) is 0.455. The number of nitrogens with zero attached hydrogens (tertiary/aromatic N) is 1. The maximum atomic E-state index is 12.4. The lowest BCUT2D eigenvalue weighted by molar-refractivity contribution is 0.278. The summed E-state index contributed by atoms with van der Waals surface area (Å²) in [5.41, 5.74) is 0.353. The third-order valence-electron chi connectivity index (χ3n) is 3.24. The molecule has 0 spiro atoms. The number of hydrogen-bond donors (Lipinski definition) is 3. The molecule has 3 N–H and O–H groups in total. The highest BCUT2D eigenvalue weighted by molar-refractivity contribution is 7.89. The second-order valence-corrected chi connectivity index (χ2v) is 6.42. The van der Waals surface area contributed by atoms with Crippen LogP contribution in [0.3, 0.4) is 0 Å². The summed E-state index contributed by atoms with van der Waals surface area (Å²) in [6.07, 6.45) is 1.63. The van der Waals surface area contributed by atoms with Crippen LogP contribution in [0, 0.1) is 0 Å². The molecule has 0 aromatic heterocycles. The van der Waals surface area contributed by atoms with Crippen LogP contribution in [0.5, 0.6) is 0 Å². The van der Waals surface area contributed by atoms with Crippen molar-refractivity contribution < 1.29 is 23.6 Å². The zero-order chi connectivity index (χ0) is 14.0. The minimum absolute atomic E-state index is 0.0532. The Hall–Kier alpha value is -0.925. The number of aliphatic hydroxyl groups is 1. The molecule has 0 radical (unpaired) electrons. The summed E-state index contributed by atoms with van der Waals surface area (Å²) in [6, 6.07) is 4.00. The Bertz CT molecular complexity index is 554. The van der Waals surface area contributed by atoms with Crippen molar-refractivity contribution in [1.82, 2.24) is 4.31 Å². The fourth-order valence-electron chi connectivity index (χ4n) is 2.17. The largest absolute Gasteiger partial charge is 0.488 e. The van der Waals surface area contributed by atoms with Crippen LogP contribution in [-0.4, -0.2) is 48.1 Å². The van der Waals surface area contributed by atoms with Gasteiger partial charge in [0.25, 0.3) is 0 Å². The van der Waals surface area contributed by atoms with Gasteiger partial charge in [0, 0.05) is 13.1 Å². The molecule has 0 amide bonds. The van der Waals surface area contributed by atoms with Crippen molar-refractivity contribution in [3.8, 4) is 0 Å². The van der Waals surface area contributed by atoms with Gasteiger partial charge in [-0.05, 0) is 29.9 Å². The SMILES string of the molecule is O=S(=O)(c1cc(B(O)O)ccc1CO)N1CCCC1. The standard InChI is InChI=1S/C11H16BNO5S/c14-8-9-3-4-10(12(15)16)7-11(9)19(17,18)13-5-1-2-6-13/h3-4,7,14-16H,1-2,5-6,8H2. The summed E-state index contributed by atoms with van der Waals surface area (Å²) in [5, 5.41) is 27.5. The molecular weight excluding hydrogens is 269 g/mol. The van der Waals surface area contributed by atoms with Crippen molar-refractivity contribution in [3.05, 3.63) is 23.8 Å². The van der Waals surface area contributed by atoms with E-state index >= 15 is 0 Å². The average molecular weight is 285 g/mol. The summed E-state index contributed by atoms with van der Waals surface area (Å²) < 4.78 is 26.2. The van der Waals surface area contributed by atoms with Crippen molar-refractivity contribution in [3.63, 3.8) is 0 Å². The van der Waals surface area contributed by atoms with Crippen molar-refractivity contribution in [2.45, 2.75) is 24.3 Å². The minimum atomic E-state index is -3.69. The second kappa shape index (κ2) is 5.60. The predicted octanol–water partition coefficient (Wildman–Crippen LogP) is -1.36. The van der Waals surface area contributed by atoms with Gasteiger partial charge in [-0.3, -0.25) is 0 Å². The smallest absolute Gasteiger partial charge is 0.423 e. The molecular formula is C11H16BNO5S. The van der Waals surface area contributed by atoms with Crippen LogP contribution in [-0.2, 0) is 16.6 Å². The van der Waals surface area contributed by atoms with Crippen molar-refractivity contribution in [2.24, 2.45) is 0 Å². The third kappa shape index (κ3) is 2.82. The molecule has 1 heterocycles. The first-order chi connectivity index (χ1) is 8.96. The molecule has 104 valence electrons. The molecule has 0 aliphatic carbocycles. The first-order valence-corrected chi connectivity index (χ1v) is 7.51. The molecule has 1 aromatic rings. The van der Waals surface area contributed by atoms with Crippen molar-refractivity contribution in [1.29, 1.82) is 0 Å². The highest BCUT2D eigenvalue weighted by Gasteiger charge is 2.30. The molecule has 0 bridgehead atoms. The molecule has 2 rings (SSSR count). The van der Waals surface area contributed by atoms with Crippen LogP contribution < -0.4 is 5.46 Å². The van der Waals surface area contributed by atoms with Gasteiger partial charge in [-0.25, -0.2) is 8.42 Å². The lowest BCUT2D eigenvalue weighted by Crippen LogP contribution is -2.33. The van der Waals surface area contributed by atoms with Gasteiger partial charge in [0.15, 0.2) is 0 Å². The molecule has 1 aromatic carbocycles. The summed E-state index contributed by atoms with van der Waals surface area (Å²) in [4.78, 5) is -0.0532. The molecule has 1 aliphatic rings. The van der Waals surface area contributed by atoms with Gasteiger partial charge >= 0.3 is 7.12 Å². The number of hydrogen-bond acceptors (Lipinski definition) is 5. The number of rotatable bonds is 4. The summed E-state index contributed by atoms with van der Waals surface area (Å²) in [6.45, 7) is 0.502. The van der Waals surface area contributed by atoms with Crippen molar-refractivity contribution in [2.75, 3.05) is 13.1 Å². The first-order valence-electron chi connectivity index (χ1n) is 6.07. The van der Waals surface area contributed by atoms with Crippen LogP contribution in [0.1, 0.15) is 18.4 Å². The fourth-order valence-corrected chi connectivity index (χ4v) is 3.94. The van der Waals surface area contributed by atoms with E-state index in [1.54, 1.807) is 0 Å². The zero-order valence-electron chi connectivity index (χ0n) is 10.4. The van der Waals surface area contributed by atoms with E-state index in [0.717, 1.165) is 12.8 Å². The Labute approximate surface area is 112 Å². The highest BCUT2D eigenvalue weighted by Crippen LogP contribution is 2.23. The van der Waals surface area contributed by atoms with Gasteiger partial charge < -0.3 is 15.2 Å².